The van der Waals surface area contributed by atoms with Crippen molar-refractivity contribution < 1.29 is 4.74 Å². The summed E-state index contributed by atoms with van der Waals surface area (Å²) < 4.78 is 7.34. The fourth-order valence-electron chi connectivity index (χ4n) is 1.48. The smallest absolute Gasteiger partial charge is 0.0594 e. The Morgan fingerprint density at radius 3 is 2.73 bits per heavy atom. The molecule has 4 heteroatoms. The predicted octanol–water partition coefficient (Wildman–Crippen LogP) is 1.50. The van der Waals surface area contributed by atoms with Crippen molar-refractivity contribution in [2.24, 2.45) is 7.05 Å². The molecule has 1 rings (SSSR count). The molecule has 0 spiro atoms. The van der Waals surface area contributed by atoms with Crippen LogP contribution in [0, 0.1) is 0 Å². The molecule has 1 heterocycles. The minimum atomic E-state index is 0.304. The molecule has 1 aromatic heterocycles. The van der Waals surface area contributed by atoms with Crippen LogP contribution in [0.25, 0.3) is 0 Å². The highest BCUT2D eigenvalue weighted by atomic mass is 16.5. The van der Waals surface area contributed by atoms with Crippen LogP contribution < -0.4 is 5.32 Å². The van der Waals surface area contributed by atoms with Crippen LogP contribution in [0.4, 0.5) is 0 Å². The number of aryl methyl sites for hydroxylation is 1. The molecule has 0 amide bonds. The Kier molecular flexibility index (Phi) is 4.78. The van der Waals surface area contributed by atoms with Crippen molar-refractivity contribution in [3.05, 3.63) is 18.0 Å². The molecule has 1 N–H and O–H groups in total. The zero-order valence-corrected chi connectivity index (χ0v) is 10.0. The number of hydrogen-bond donors (Lipinski definition) is 1. The fourth-order valence-corrected chi connectivity index (χ4v) is 1.48. The Balaban J connectivity index is 2.25. The van der Waals surface area contributed by atoms with Gasteiger partial charge >= 0.3 is 0 Å². The highest BCUT2D eigenvalue weighted by molar-refractivity contribution is 5.04. The highest BCUT2D eigenvalue weighted by Gasteiger charge is 2.07. The van der Waals surface area contributed by atoms with E-state index in [4.69, 9.17) is 4.74 Å². The van der Waals surface area contributed by atoms with Crippen LogP contribution in [0.5, 0.6) is 0 Å². The first kappa shape index (κ1) is 12.2. The third-order valence-electron chi connectivity index (χ3n) is 2.31. The molecular formula is C11H21N3O. The molecule has 4 nitrogen and oxygen atoms in total. The summed E-state index contributed by atoms with van der Waals surface area (Å²) in [6, 6.07) is 2.34. The Labute approximate surface area is 91.6 Å². The molecule has 0 fully saturated rings. The second kappa shape index (κ2) is 5.88. The maximum Gasteiger partial charge on any atom is 0.0594 e. The van der Waals surface area contributed by atoms with Crippen LogP contribution in [0.3, 0.4) is 0 Å². The van der Waals surface area contributed by atoms with Crippen LogP contribution in [0.15, 0.2) is 12.3 Å². The quantitative estimate of drug-likeness (QED) is 0.725. The van der Waals surface area contributed by atoms with Crippen molar-refractivity contribution >= 4 is 0 Å². The third kappa shape index (κ3) is 4.01. The van der Waals surface area contributed by atoms with Gasteiger partial charge in [-0.1, -0.05) is 0 Å². The number of nitrogens with one attached hydrogen (secondary N) is 1. The molecule has 15 heavy (non-hydrogen) atoms. The summed E-state index contributed by atoms with van der Waals surface area (Å²) in [5, 5.41) is 7.53. The maximum absolute atomic E-state index is 5.45. The lowest BCUT2D eigenvalue weighted by atomic mass is 10.2. The molecule has 0 saturated carbocycles. The largest absolute Gasteiger partial charge is 0.377 e. The standard InChI is InChI=1S/C11H21N3O/c1-9(2)15-8-7-12-10(3)11-5-6-13-14(11)4/h5-6,9-10,12H,7-8H2,1-4H3. The molecule has 0 radical (unpaired) electrons. The van der Waals surface area contributed by atoms with E-state index in [1.54, 1.807) is 0 Å². The first-order valence-corrected chi connectivity index (χ1v) is 5.44. The molecule has 86 valence electrons. The van der Waals surface area contributed by atoms with Gasteiger partial charge in [-0.15, -0.1) is 0 Å². The van der Waals surface area contributed by atoms with Crippen LogP contribution in [-0.4, -0.2) is 29.0 Å². The van der Waals surface area contributed by atoms with Crippen molar-refractivity contribution in [1.29, 1.82) is 0 Å². The van der Waals surface area contributed by atoms with E-state index in [0.717, 1.165) is 13.2 Å². The zero-order valence-electron chi connectivity index (χ0n) is 10.0. The van der Waals surface area contributed by atoms with E-state index in [2.05, 4.69) is 17.3 Å². The normalized spacial score (nSPS) is 13.4. The Morgan fingerprint density at radius 2 is 2.20 bits per heavy atom. The molecule has 1 unspecified atom stereocenters. The summed E-state index contributed by atoms with van der Waals surface area (Å²) in [4.78, 5) is 0. The van der Waals surface area contributed by atoms with Crippen LogP contribution in [0.2, 0.25) is 0 Å². The Morgan fingerprint density at radius 1 is 1.47 bits per heavy atom. The van der Waals surface area contributed by atoms with Gasteiger partial charge in [-0.25, -0.2) is 0 Å². The van der Waals surface area contributed by atoms with Crippen molar-refractivity contribution in [1.82, 2.24) is 15.1 Å². The zero-order chi connectivity index (χ0) is 11.3. The highest BCUT2D eigenvalue weighted by Crippen LogP contribution is 2.09. The number of hydrogen-bond acceptors (Lipinski definition) is 3. The fraction of sp³-hybridized carbons (Fsp3) is 0.727. The minimum absolute atomic E-state index is 0.304. The Hall–Kier alpha value is -0.870. The van der Waals surface area contributed by atoms with E-state index in [9.17, 15) is 0 Å². The van der Waals surface area contributed by atoms with Crippen molar-refractivity contribution in [2.75, 3.05) is 13.2 Å². The summed E-state index contributed by atoms with van der Waals surface area (Å²) in [6.07, 6.45) is 2.12. The van der Waals surface area contributed by atoms with E-state index in [1.807, 2.05) is 37.8 Å². The molecule has 0 aliphatic rings. The van der Waals surface area contributed by atoms with Crippen molar-refractivity contribution in [2.45, 2.75) is 32.9 Å². The van der Waals surface area contributed by atoms with E-state index in [1.165, 1.54) is 5.69 Å². The lowest BCUT2D eigenvalue weighted by Gasteiger charge is -2.15. The molecule has 1 aromatic rings. The van der Waals surface area contributed by atoms with Gasteiger partial charge in [0.15, 0.2) is 0 Å². The number of aromatic nitrogens is 2. The average molecular weight is 211 g/mol. The van der Waals surface area contributed by atoms with Crippen LogP contribution in [-0.2, 0) is 11.8 Å². The Bertz CT molecular complexity index is 283. The lowest BCUT2D eigenvalue weighted by Crippen LogP contribution is -2.25. The second-order valence-electron chi connectivity index (χ2n) is 3.98. The summed E-state index contributed by atoms with van der Waals surface area (Å²) >= 11 is 0. The third-order valence-corrected chi connectivity index (χ3v) is 2.31. The summed E-state index contributed by atoms with van der Waals surface area (Å²) in [5.41, 5.74) is 1.19. The molecule has 0 aromatic carbocycles. The maximum atomic E-state index is 5.45. The van der Waals surface area contributed by atoms with E-state index >= 15 is 0 Å². The van der Waals surface area contributed by atoms with Gasteiger partial charge in [0.25, 0.3) is 0 Å². The number of ether oxygens (including phenoxy) is 1. The van der Waals surface area contributed by atoms with Gasteiger partial charge in [0.05, 0.1) is 18.4 Å². The topological polar surface area (TPSA) is 39.1 Å². The number of nitrogens with zero attached hydrogens (tertiary/aromatic N) is 2. The van der Waals surface area contributed by atoms with Gasteiger partial charge in [-0.3, -0.25) is 4.68 Å². The number of rotatable bonds is 6. The van der Waals surface area contributed by atoms with Crippen molar-refractivity contribution in [3.63, 3.8) is 0 Å². The summed E-state index contributed by atoms with van der Waals surface area (Å²) in [5.74, 6) is 0. The second-order valence-corrected chi connectivity index (χ2v) is 3.98. The minimum Gasteiger partial charge on any atom is -0.377 e. The lowest BCUT2D eigenvalue weighted by molar-refractivity contribution is 0.0795. The van der Waals surface area contributed by atoms with Crippen LogP contribution in [0.1, 0.15) is 32.5 Å². The molecular weight excluding hydrogens is 190 g/mol. The van der Waals surface area contributed by atoms with Gasteiger partial charge in [0.1, 0.15) is 0 Å². The van der Waals surface area contributed by atoms with Gasteiger partial charge in [0.2, 0.25) is 0 Å². The van der Waals surface area contributed by atoms with Crippen LogP contribution >= 0.6 is 0 Å². The van der Waals surface area contributed by atoms with E-state index in [0.29, 0.717) is 12.1 Å². The molecule has 1 atom stereocenters. The summed E-state index contributed by atoms with van der Waals surface area (Å²) in [6.45, 7) is 7.84. The van der Waals surface area contributed by atoms with E-state index < -0.39 is 0 Å². The van der Waals surface area contributed by atoms with E-state index in [-0.39, 0.29) is 0 Å². The predicted molar refractivity (Wildman–Crippen MR) is 60.7 cm³/mol. The molecule has 0 saturated heterocycles. The molecule has 0 aliphatic heterocycles. The van der Waals surface area contributed by atoms with Crippen molar-refractivity contribution in [3.8, 4) is 0 Å². The SMILES string of the molecule is CC(C)OCCNC(C)c1ccnn1C. The average Bonchev–Trinajstić information content (AvgIpc) is 2.58. The molecule has 0 aliphatic carbocycles. The monoisotopic (exact) mass is 211 g/mol. The van der Waals surface area contributed by atoms with Gasteiger partial charge in [0, 0.05) is 25.8 Å². The first-order valence-electron chi connectivity index (χ1n) is 5.44. The van der Waals surface area contributed by atoms with Gasteiger partial charge in [-0.05, 0) is 26.8 Å². The van der Waals surface area contributed by atoms with Gasteiger partial charge < -0.3 is 10.1 Å². The molecule has 0 bridgehead atoms. The first-order chi connectivity index (χ1) is 7.11. The van der Waals surface area contributed by atoms with Gasteiger partial charge in [-0.2, -0.15) is 5.10 Å². The summed E-state index contributed by atoms with van der Waals surface area (Å²) in [7, 11) is 1.96.